The lowest BCUT2D eigenvalue weighted by atomic mass is 10.1. The van der Waals surface area contributed by atoms with Crippen molar-refractivity contribution in [3.8, 4) is 0 Å². The fraction of sp³-hybridized carbons (Fsp3) is 0.471. The topological polar surface area (TPSA) is 66.5 Å². The molecule has 0 saturated carbocycles. The van der Waals surface area contributed by atoms with E-state index in [-0.39, 0.29) is 18.2 Å². The van der Waals surface area contributed by atoms with Crippen molar-refractivity contribution in [1.82, 2.24) is 5.32 Å². The number of rotatable bonds is 6. The number of carbonyl (C=O) groups excluding carboxylic acids is 1. The van der Waals surface area contributed by atoms with Gasteiger partial charge in [-0.05, 0) is 36.8 Å². The molecule has 1 aliphatic carbocycles. The Morgan fingerprint density at radius 2 is 2.13 bits per heavy atom. The van der Waals surface area contributed by atoms with Crippen LogP contribution in [0.4, 0.5) is 5.69 Å². The number of fused-ring (bicyclic) bond motifs is 1. The van der Waals surface area contributed by atoms with Crippen LogP contribution in [0.1, 0.15) is 24.8 Å². The average molecular weight is 334 g/mol. The second kappa shape index (κ2) is 6.74. The first kappa shape index (κ1) is 16.1. The summed E-state index contributed by atoms with van der Waals surface area (Å²) in [7, 11) is -3.39. The van der Waals surface area contributed by atoms with Crippen LogP contribution in [0, 0.1) is 5.92 Å². The monoisotopic (exact) mass is 334 g/mol. The van der Waals surface area contributed by atoms with Crippen LogP contribution >= 0.6 is 0 Å². The van der Waals surface area contributed by atoms with Crippen LogP contribution in [0.15, 0.2) is 36.4 Å². The van der Waals surface area contributed by atoms with Gasteiger partial charge in [-0.15, -0.1) is 0 Å². The van der Waals surface area contributed by atoms with Crippen LogP contribution in [0.2, 0.25) is 0 Å². The number of hydrogen-bond donors (Lipinski definition) is 1. The Morgan fingerprint density at radius 3 is 2.91 bits per heavy atom. The van der Waals surface area contributed by atoms with E-state index in [9.17, 15) is 13.2 Å². The SMILES string of the molecule is O=C(C[C@@H]1C=CCC1)NCCS(=O)(=O)N1CCc2ccccc21. The Labute approximate surface area is 137 Å². The second-order valence-electron chi connectivity index (χ2n) is 6.09. The first-order valence-corrected chi connectivity index (χ1v) is 9.69. The van der Waals surface area contributed by atoms with Crippen molar-refractivity contribution in [2.24, 2.45) is 5.92 Å². The molecule has 0 unspecified atom stereocenters. The molecule has 2 aliphatic rings. The normalized spacial score (nSPS) is 19.8. The zero-order valence-corrected chi connectivity index (χ0v) is 13.9. The molecule has 1 heterocycles. The third-order valence-electron chi connectivity index (χ3n) is 4.42. The summed E-state index contributed by atoms with van der Waals surface area (Å²) in [5.74, 6) is 0.170. The molecule has 1 aromatic rings. The van der Waals surface area contributed by atoms with Gasteiger partial charge in [0.05, 0.1) is 11.4 Å². The van der Waals surface area contributed by atoms with Gasteiger partial charge in [-0.2, -0.15) is 0 Å². The van der Waals surface area contributed by atoms with Gasteiger partial charge in [0.15, 0.2) is 0 Å². The van der Waals surface area contributed by atoms with Crippen LogP contribution < -0.4 is 9.62 Å². The molecule has 1 atom stereocenters. The number of para-hydroxylation sites is 1. The molecule has 23 heavy (non-hydrogen) atoms. The molecule has 0 saturated heterocycles. The zero-order chi connectivity index (χ0) is 16.3. The van der Waals surface area contributed by atoms with E-state index < -0.39 is 10.0 Å². The lowest BCUT2D eigenvalue weighted by Crippen LogP contribution is -2.37. The van der Waals surface area contributed by atoms with Crippen molar-refractivity contribution >= 4 is 21.6 Å². The standard InChI is InChI=1S/C17H22N2O3S/c20-17(13-14-5-1-2-6-14)18-10-12-23(21,22)19-11-9-15-7-3-4-8-16(15)19/h1,3-5,7-8,14H,2,6,9-13H2,(H,18,20)/t14-/m1/s1. The first-order valence-electron chi connectivity index (χ1n) is 8.08. The fourth-order valence-electron chi connectivity index (χ4n) is 3.20. The van der Waals surface area contributed by atoms with Gasteiger partial charge in [0, 0.05) is 19.5 Å². The lowest BCUT2D eigenvalue weighted by molar-refractivity contribution is -0.121. The highest BCUT2D eigenvalue weighted by Crippen LogP contribution is 2.29. The van der Waals surface area contributed by atoms with Gasteiger partial charge in [0.2, 0.25) is 15.9 Å². The summed E-state index contributed by atoms with van der Waals surface area (Å²) in [6.45, 7) is 0.652. The van der Waals surface area contributed by atoms with Crippen molar-refractivity contribution in [2.45, 2.75) is 25.7 Å². The lowest BCUT2D eigenvalue weighted by Gasteiger charge is -2.19. The summed E-state index contributed by atoms with van der Waals surface area (Å²) in [5.41, 5.74) is 1.84. The Kier molecular flexibility index (Phi) is 4.71. The Bertz CT molecular complexity index is 712. The molecule has 1 N–H and O–H groups in total. The summed E-state index contributed by atoms with van der Waals surface area (Å²) >= 11 is 0. The Morgan fingerprint density at radius 1 is 1.30 bits per heavy atom. The minimum Gasteiger partial charge on any atom is -0.355 e. The van der Waals surface area contributed by atoms with Gasteiger partial charge in [0.1, 0.15) is 0 Å². The molecule has 3 rings (SSSR count). The summed E-state index contributed by atoms with van der Waals surface area (Å²) < 4.78 is 26.4. The largest absolute Gasteiger partial charge is 0.355 e. The number of nitrogens with one attached hydrogen (secondary N) is 1. The van der Waals surface area contributed by atoms with Crippen LogP contribution in [0.25, 0.3) is 0 Å². The molecule has 124 valence electrons. The van der Waals surface area contributed by atoms with Crippen molar-refractivity contribution in [3.63, 3.8) is 0 Å². The highest BCUT2D eigenvalue weighted by Gasteiger charge is 2.28. The maximum Gasteiger partial charge on any atom is 0.236 e. The van der Waals surface area contributed by atoms with E-state index in [1.54, 1.807) is 0 Å². The molecule has 1 aliphatic heterocycles. The van der Waals surface area contributed by atoms with Gasteiger partial charge in [-0.3, -0.25) is 9.10 Å². The molecular formula is C17H22N2O3S. The average Bonchev–Trinajstić information content (AvgIpc) is 3.16. The number of hydrogen-bond acceptors (Lipinski definition) is 3. The molecule has 0 bridgehead atoms. The number of anilines is 1. The molecular weight excluding hydrogens is 312 g/mol. The van der Waals surface area contributed by atoms with Crippen molar-refractivity contribution in [1.29, 1.82) is 0 Å². The predicted molar refractivity (Wildman–Crippen MR) is 90.8 cm³/mol. The summed E-state index contributed by atoms with van der Waals surface area (Å²) in [6, 6.07) is 7.57. The van der Waals surface area contributed by atoms with E-state index in [1.165, 1.54) is 4.31 Å². The maximum absolute atomic E-state index is 12.5. The van der Waals surface area contributed by atoms with Gasteiger partial charge >= 0.3 is 0 Å². The van der Waals surface area contributed by atoms with E-state index in [0.717, 1.165) is 30.5 Å². The van der Waals surface area contributed by atoms with Crippen LogP contribution in [0.3, 0.4) is 0 Å². The number of carbonyl (C=O) groups is 1. The minimum atomic E-state index is -3.39. The fourth-order valence-corrected chi connectivity index (χ4v) is 4.63. The van der Waals surface area contributed by atoms with Crippen LogP contribution in [-0.4, -0.2) is 33.2 Å². The predicted octanol–water partition coefficient (Wildman–Crippen LogP) is 1.85. The van der Waals surface area contributed by atoms with E-state index in [2.05, 4.69) is 17.5 Å². The van der Waals surface area contributed by atoms with E-state index in [4.69, 9.17) is 0 Å². The molecule has 0 spiro atoms. The van der Waals surface area contributed by atoms with E-state index >= 15 is 0 Å². The van der Waals surface area contributed by atoms with Crippen LogP contribution in [0.5, 0.6) is 0 Å². The van der Waals surface area contributed by atoms with Crippen LogP contribution in [-0.2, 0) is 21.2 Å². The molecule has 1 amide bonds. The molecule has 5 nitrogen and oxygen atoms in total. The number of sulfonamides is 1. The molecule has 0 aromatic heterocycles. The van der Waals surface area contributed by atoms with Crippen molar-refractivity contribution in [2.75, 3.05) is 23.1 Å². The van der Waals surface area contributed by atoms with Gasteiger partial charge < -0.3 is 5.32 Å². The maximum atomic E-state index is 12.5. The molecule has 0 radical (unpaired) electrons. The second-order valence-corrected chi connectivity index (χ2v) is 8.10. The number of allylic oxidation sites excluding steroid dienone is 2. The smallest absolute Gasteiger partial charge is 0.236 e. The first-order chi connectivity index (χ1) is 11.1. The van der Waals surface area contributed by atoms with E-state index in [1.807, 2.05) is 24.3 Å². The van der Waals surface area contributed by atoms with Gasteiger partial charge in [-0.1, -0.05) is 30.4 Å². The Balaban J connectivity index is 1.51. The minimum absolute atomic E-state index is 0.0619. The van der Waals surface area contributed by atoms with Gasteiger partial charge in [-0.25, -0.2) is 8.42 Å². The molecule has 1 aromatic carbocycles. The van der Waals surface area contributed by atoms with Crippen molar-refractivity contribution in [3.05, 3.63) is 42.0 Å². The zero-order valence-electron chi connectivity index (χ0n) is 13.1. The number of amides is 1. The summed E-state index contributed by atoms with van der Waals surface area (Å²) in [4.78, 5) is 11.9. The third kappa shape index (κ3) is 3.75. The highest BCUT2D eigenvalue weighted by molar-refractivity contribution is 7.92. The molecule has 6 heteroatoms. The Hall–Kier alpha value is -1.82. The highest BCUT2D eigenvalue weighted by atomic mass is 32.2. The number of nitrogens with zero attached hydrogens (tertiary/aromatic N) is 1. The third-order valence-corrected chi connectivity index (χ3v) is 6.19. The van der Waals surface area contributed by atoms with E-state index in [0.29, 0.717) is 18.9 Å². The molecule has 0 fully saturated rings. The summed E-state index contributed by atoms with van der Waals surface area (Å²) in [6.07, 6.45) is 7.39. The number of benzene rings is 1. The van der Waals surface area contributed by atoms with Crippen molar-refractivity contribution < 1.29 is 13.2 Å². The quantitative estimate of drug-likeness (QED) is 0.808. The summed E-state index contributed by atoms with van der Waals surface area (Å²) in [5, 5.41) is 2.73. The van der Waals surface area contributed by atoms with Gasteiger partial charge in [0.25, 0.3) is 0 Å².